The quantitative estimate of drug-likeness (QED) is 0.757. The highest BCUT2D eigenvalue weighted by atomic mass is 35.5. The Morgan fingerprint density at radius 3 is 2.44 bits per heavy atom. The summed E-state index contributed by atoms with van der Waals surface area (Å²) in [7, 11) is 3.26. The number of halogens is 1. The fraction of sp³-hybridized carbons (Fsp3) is 0.250. The Kier molecular flexibility index (Phi) is 4.38. The predicted molar refractivity (Wildman–Crippen MR) is 66.0 cm³/mol. The minimum atomic E-state index is -0.337. The lowest BCUT2D eigenvalue weighted by molar-refractivity contribution is 0.0601. The molecule has 0 aliphatic carbocycles. The van der Waals surface area contributed by atoms with Gasteiger partial charge in [0.1, 0.15) is 0 Å². The van der Waals surface area contributed by atoms with Crippen LogP contribution in [0.3, 0.4) is 0 Å². The van der Waals surface area contributed by atoms with Crippen molar-refractivity contribution >= 4 is 23.3 Å². The topological polar surface area (TPSA) is 29.5 Å². The maximum absolute atomic E-state index is 11.2. The molecule has 1 aromatic rings. The van der Waals surface area contributed by atoms with Gasteiger partial charge in [-0.2, -0.15) is 0 Å². The van der Waals surface area contributed by atoms with Crippen LogP contribution < -0.4 is 4.90 Å². The SMILES string of the molecule is C=C(Cl)CN(C)c1ccc(C(=O)OC)cc1. The van der Waals surface area contributed by atoms with Crippen molar-refractivity contribution in [3.63, 3.8) is 0 Å². The van der Waals surface area contributed by atoms with Gasteiger partial charge in [-0.25, -0.2) is 4.79 Å². The molecule has 1 rings (SSSR count). The maximum atomic E-state index is 11.2. The Bertz CT molecular complexity index is 387. The number of methoxy groups -OCH3 is 1. The van der Waals surface area contributed by atoms with E-state index >= 15 is 0 Å². The minimum absolute atomic E-state index is 0.337. The van der Waals surface area contributed by atoms with E-state index in [0.717, 1.165) is 5.69 Å². The van der Waals surface area contributed by atoms with Crippen LogP contribution in [0.25, 0.3) is 0 Å². The number of carbonyl (C=O) groups is 1. The van der Waals surface area contributed by atoms with Crippen LogP contribution in [0.15, 0.2) is 35.9 Å². The van der Waals surface area contributed by atoms with Gasteiger partial charge < -0.3 is 9.64 Å². The number of benzene rings is 1. The number of carbonyl (C=O) groups excluding carboxylic acids is 1. The monoisotopic (exact) mass is 239 g/mol. The molecule has 0 bridgehead atoms. The summed E-state index contributed by atoms with van der Waals surface area (Å²) < 4.78 is 4.61. The smallest absolute Gasteiger partial charge is 0.337 e. The molecule has 0 saturated carbocycles. The van der Waals surface area contributed by atoms with Gasteiger partial charge in [-0.1, -0.05) is 18.2 Å². The molecule has 0 spiro atoms. The highest BCUT2D eigenvalue weighted by molar-refractivity contribution is 6.29. The lowest BCUT2D eigenvalue weighted by Crippen LogP contribution is -2.18. The molecule has 86 valence electrons. The third-order valence-corrected chi connectivity index (χ3v) is 2.26. The summed E-state index contributed by atoms with van der Waals surface area (Å²) in [4.78, 5) is 13.1. The highest BCUT2D eigenvalue weighted by Crippen LogP contribution is 2.15. The van der Waals surface area contributed by atoms with Gasteiger partial charge in [0.25, 0.3) is 0 Å². The zero-order valence-corrected chi connectivity index (χ0v) is 10.1. The summed E-state index contributed by atoms with van der Waals surface area (Å²) in [5, 5.41) is 0.569. The molecule has 0 radical (unpaired) electrons. The second-order valence-corrected chi connectivity index (χ2v) is 3.95. The van der Waals surface area contributed by atoms with Crippen LogP contribution in [-0.4, -0.2) is 26.7 Å². The first kappa shape index (κ1) is 12.6. The van der Waals surface area contributed by atoms with Crippen molar-refractivity contribution in [3.05, 3.63) is 41.4 Å². The van der Waals surface area contributed by atoms with Gasteiger partial charge in [0.2, 0.25) is 0 Å². The van der Waals surface area contributed by atoms with Crippen LogP contribution in [0, 0.1) is 0 Å². The average Bonchev–Trinajstić information content (AvgIpc) is 2.27. The van der Waals surface area contributed by atoms with Crippen molar-refractivity contribution in [3.8, 4) is 0 Å². The Hall–Kier alpha value is -1.48. The molecule has 0 aliphatic heterocycles. The van der Waals surface area contributed by atoms with E-state index in [9.17, 15) is 4.79 Å². The minimum Gasteiger partial charge on any atom is -0.465 e. The van der Waals surface area contributed by atoms with Gasteiger partial charge in [0, 0.05) is 17.8 Å². The Balaban J connectivity index is 2.78. The largest absolute Gasteiger partial charge is 0.465 e. The fourth-order valence-electron chi connectivity index (χ4n) is 1.32. The van der Waals surface area contributed by atoms with Gasteiger partial charge in [-0.15, -0.1) is 0 Å². The van der Waals surface area contributed by atoms with E-state index in [1.165, 1.54) is 7.11 Å². The Morgan fingerprint density at radius 2 is 2.00 bits per heavy atom. The molecule has 0 fully saturated rings. The zero-order valence-electron chi connectivity index (χ0n) is 9.37. The molecule has 0 aromatic heterocycles. The standard InChI is InChI=1S/C12H14ClNO2/c1-9(13)8-14(2)11-6-4-10(5-7-11)12(15)16-3/h4-7H,1,8H2,2-3H3. The summed E-state index contributed by atoms with van der Waals surface area (Å²) in [6.07, 6.45) is 0. The van der Waals surface area contributed by atoms with Crippen LogP contribution >= 0.6 is 11.6 Å². The number of likely N-dealkylation sites (N-methyl/N-ethyl adjacent to an activating group) is 1. The summed E-state index contributed by atoms with van der Waals surface area (Å²) in [6, 6.07) is 7.11. The predicted octanol–water partition coefficient (Wildman–Crippen LogP) is 2.66. The molecule has 4 heteroatoms. The molecule has 0 amide bonds. The molecule has 3 nitrogen and oxygen atoms in total. The molecular weight excluding hydrogens is 226 g/mol. The summed E-state index contributed by atoms with van der Waals surface area (Å²) >= 11 is 5.72. The van der Waals surface area contributed by atoms with E-state index in [-0.39, 0.29) is 5.97 Å². The number of ether oxygens (including phenoxy) is 1. The van der Waals surface area contributed by atoms with Gasteiger partial charge in [0.15, 0.2) is 0 Å². The van der Waals surface area contributed by atoms with E-state index in [2.05, 4.69) is 11.3 Å². The normalized spacial score (nSPS) is 9.69. The third kappa shape index (κ3) is 3.28. The van der Waals surface area contributed by atoms with Crippen molar-refractivity contribution < 1.29 is 9.53 Å². The van der Waals surface area contributed by atoms with E-state index in [1.807, 2.05) is 24.1 Å². The summed E-state index contributed by atoms with van der Waals surface area (Å²) in [5.41, 5.74) is 1.50. The third-order valence-electron chi connectivity index (χ3n) is 2.14. The highest BCUT2D eigenvalue weighted by Gasteiger charge is 2.06. The molecular formula is C12H14ClNO2. The first-order chi connectivity index (χ1) is 7.54. The van der Waals surface area contributed by atoms with Gasteiger partial charge in [-0.3, -0.25) is 0 Å². The summed E-state index contributed by atoms with van der Waals surface area (Å²) in [5.74, 6) is -0.337. The second kappa shape index (κ2) is 5.56. The second-order valence-electron chi connectivity index (χ2n) is 3.41. The van der Waals surface area contributed by atoms with Crippen molar-refractivity contribution in [1.29, 1.82) is 0 Å². The van der Waals surface area contributed by atoms with Crippen LogP contribution in [0.2, 0.25) is 0 Å². The van der Waals surface area contributed by atoms with E-state index in [0.29, 0.717) is 17.1 Å². The maximum Gasteiger partial charge on any atom is 0.337 e. The number of hydrogen-bond acceptors (Lipinski definition) is 3. The number of hydrogen-bond donors (Lipinski definition) is 0. The lowest BCUT2D eigenvalue weighted by atomic mass is 10.2. The number of nitrogens with zero attached hydrogens (tertiary/aromatic N) is 1. The number of esters is 1. The van der Waals surface area contributed by atoms with E-state index in [1.54, 1.807) is 12.1 Å². The summed E-state index contributed by atoms with van der Waals surface area (Å²) in [6.45, 7) is 4.20. The molecule has 0 saturated heterocycles. The van der Waals surface area contributed by atoms with Gasteiger partial charge >= 0.3 is 5.97 Å². The zero-order chi connectivity index (χ0) is 12.1. The molecule has 0 aliphatic rings. The first-order valence-electron chi connectivity index (χ1n) is 4.77. The van der Waals surface area contributed by atoms with Crippen molar-refractivity contribution in [2.24, 2.45) is 0 Å². The number of anilines is 1. The van der Waals surface area contributed by atoms with E-state index < -0.39 is 0 Å². The van der Waals surface area contributed by atoms with Crippen LogP contribution in [0.1, 0.15) is 10.4 Å². The first-order valence-corrected chi connectivity index (χ1v) is 5.15. The van der Waals surface area contributed by atoms with Gasteiger partial charge in [0.05, 0.1) is 19.2 Å². The molecule has 0 unspecified atom stereocenters. The van der Waals surface area contributed by atoms with Crippen molar-refractivity contribution in [2.45, 2.75) is 0 Å². The van der Waals surface area contributed by atoms with Crippen LogP contribution in [0.4, 0.5) is 5.69 Å². The Labute approximate surface area is 100 Å². The van der Waals surface area contributed by atoms with E-state index in [4.69, 9.17) is 11.6 Å². The number of rotatable bonds is 4. The van der Waals surface area contributed by atoms with Crippen LogP contribution in [-0.2, 0) is 4.74 Å². The molecule has 0 atom stereocenters. The van der Waals surface area contributed by atoms with Crippen molar-refractivity contribution in [2.75, 3.05) is 25.6 Å². The molecule has 0 heterocycles. The molecule has 16 heavy (non-hydrogen) atoms. The fourth-order valence-corrected chi connectivity index (χ4v) is 1.50. The lowest BCUT2D eigenvalue weighted by Gasteiger charge is -2.18. The molecule has 1 aromatic carbocycles. The van der Waals surface area contributed by atoms with Crippen molar-refractivity contribution in [1.82, 2.24) is 0 Å². The Morgan fingerprint density at radius 1 is 1.44 bits per heavy atom. The van der Waals surface area contributed by atoms with Crippen LogP contribution in [0.5, 0.6) is 0 Å². The average molecular weight is 240 g/mol. The van der Waals surface area contributed by atoms with Gasteiger partial charge in [-0.05, 0) is 24.3 Å². The molecule has 0 N–H and O–H groups in total.